The summed E-state index contributed by atoms with van der Waals surface area (Å²) >= 11 is 0. The molecule has 18 heavy (non-hydrogen) atoms. The van der Waals surface area contributed by atoms with Gasteiger partial charge in [0.2, 0.25) is 0 Å². The minimum Gasteiger partial charge on any atom is -0.383 e. The Hall–Kier alpha value is -0.770. The molecule has 0 radical (unpaired) electrons. The van der Waals surface area contributed by atoms with Gasteiger partial charge in [0.15, 0.2) is 0 Å². The lowest BCUT2D eigenvalue weighted by atomic mass is 9.74. The largest absolute Gasteiger partial charge is 0.383 e. The Morgan fingerprint density at radius 2 is 2.11 bits per heavy atom. The van der Waals surface area contributed by atoms with E-state index in [9.17, 15) is 4.79 Å². The maximum Gasteiger partial charge on any atom is 0.315 e. The zero-order valence-corrected chi connectivity index (χ0v) is 12.2. The molecule has 3 atom stereocenters. The molecule has 1 saturated carbocycles. The van der Waals surface area contributed by atoms with Gasteiger partial charge in [0.1, 0.15) is 0 Å². The topological polar surface area (TPSA) is 50.4 Å². The number of hydrogen-bond acceptors (Lipinski definition) is 2. The highest BCUT2D eigenvalue weighted by Gasteiger charge is 2.31. The number of rotatable bonds is 5. The molecule has 2 N–H and O–H groups in total. The minimum absolute atomic E-state index is 0.0585. The summed E-state index contributed by atoms with van der Waals surface area (Å²) < 4.78 is 4.92. The van der Waals surface area contributed by atoms with Crippen LogP contribution in [0.3, 0.4) is 0 Å². The van der Waals surface area contributed by atoms with Crippen LogP contribution in [0.25, 0.3) is 0 Å². The fourth-order valence-corrected chi connectivity index (χ4v) is 2.85. The number of carbonyl (C=O) groups excluding carboxylic acids is 1. The molecule has 2 amide bonds. The predicted molar refractivity (Wildman–Crippen MR) is 73.5 cm³/mol. The van der Waals surface area contributed by atoms with Gasteiger partial charge < -0.3 is 15.4 Å². The second-order valence-electron chi connectivity index (χ2n) is 5.83. The van der Waals surface area contributed by atoms with Crippen molar-refractivity contribution in [1.82, 2.24) is 10.6 Å². The van der Waals surface area contributed by atoms with E-state index in [-0.39, 0.29) is 6.03 Å². The standard InChI is InChI=1S/C14H28N2O2/c1-10(2)12-6-5-11(3)9-13(12)16-14(17)15-7-8-18-4/h10-13H,5-9H2,1-4H3,(H2,15,16,17)/t11-,12+,13+/m1/s1. The molecular formula is C14H28N2O2. The second-order valence-corrected chi connectivity index (χ2v) is 5.83. The van der Waals surface area contributed by atoms with Crippen LogP contribution < -0.4 is 10.6 Å². The number of methoxy groups -OCH3 is 1. The molecule has 0 spiro atoms. The average molecular weight is 256 g/mol. The number of urea groups is 1. The highest BCUT2D eigenvalue weighted by Crippen LogP contribution is 2.33. The van der Waals surface area contributed by atoms with Crippen LogP contribution in [0.15, 0.2) is 0 Å². The molecule has 0 heterocycles. The summed E-state index contributed by atoms with van der Waals surface area (Å²) in [4.78, 5) is 11.8. The Kier molecular flexibility index (Phi) is 6.47. The maximum atomic E-state index is 11.8. The van der Waals surface area contributed by atoms with Crippen molar-refractivity contribution >= 4 is 6.03 Å². The van der Waals surface area contributed by atoms with E-state index in [1.807, 2.05) is 0 Å². The van der Waals surface area contributed by atoms with Crippen molar-refractivity contribution in [3.05, 3.63) is 0 Å². The smallest absolute Gasteiger partial charge is 0.315 e. The number of nitrogens with one attached hydrogen (secondary N) is 2. The molecule has 1 aliphatic rings. The zero-order valence-electron chi connectivity index (χ0n) is 12.2. The summed E-state index contributed by atoms with van der Waals surface area (Å²) in [6, 6.07) is 0.257. The molecule has 4 heteroatoms. The van der Waals surface area contributed by atoms with E-state index in [2.05, 4.69) is 31.4 Å². The van der Waals surface area contributed by atoms with Crippen LogP contribution in [0.4, 0.5) is 4.79 Å². The van der Waals surface area contributed by atoms with Gasteiger partial charge in [-0.3, -0.25) is 0 Å². The minimum atomic E-state index is -0.0585. The molecule has 1 fully saturated rings. The fraction of sp³-hybridized carbons (Fsp3) is 0.929. The third kappa shape index (κ3) is 4.84. The summed E-state index contributed by atoms with van der Waals surface area (Å²) in [6.45, 7) is 7.89. The molecule has 0 unspecified atom stereocenters. The monoisotopic (exact) mass is 256 g/mol. The molecule has 106 valence electrons. The van der Waals surface area contributed by atoms with Crippen molar-refractivity contribution in [2.24, 2.45) is 17.8 Å². The van der Waals surface area contributed by atoms with Gasteiger partial charge in [-0.25, -0.2) is 4.79 Å². The Morgan fingerprint density at radius 3 is 2.72 bits per heavy atom. The molecular weight excluding hydrogens is 228 g/mol. The Bertz CT molecular complexity index is 256. The molecule has 0 saturated heterocycles. The van der Waals surface area contributed by atoms with Gasteiger partial charge in [-0.1, -0.05) is 27.2 Å². The third-order valence-corrected chi connectivity index (χ3v) is 3.93. The number of hydrogen-bond donors (Lipinski definition) is 2. The van der Waals surface area contributed by atoms with E-state index in [1.54, 1.807) is 7.11 Å². The molecule has 0 aliphatic heterocycles. The quantitative estimate of drug-likeness (QED) is 0.742. The molecule has 4 nitrogen and oxygen atoms in total. The molecule has 0 aromatic heterocycles. The van der Waals surface area contributed by atoms with Gasteiger partial charge in [-0.15, -0.1) is 0 Å². The van der Waals surface area contributed by atoms with E-state index >= 15 is 0 Å². The van der Waals surface area contributed by atoms with Gasteiger partial charge in [0.25, 0.3) is 0 Å². The van der Waals surface area contributed by atoms with Crippen molar-refractivity contribution in [1.29, 1.82) is 0 Å². The van der Waals surface area contributed by atoms with Crippen LogP contribution in [0.2, 0.25) is 0 Å². The lowest BCUT2D eigenvalue weighted by Gasteiger charge is -2.37. The molecule has 1 aliphatic carbocycles. The van der Waals surface area contributed by atoms with Crippen LogP contribution in [0, 0.1) is 17.8 Å². The van der Waals surface area contributed by atoms with Crippen LogP contribution >= 0.6 is 0 Å². The van der Waals surface area contributed by atoms with Gasteiger partial charge in [-0.2, -0.15) is 0 Å². The van der Waals surface area contributed by atoms with Crippen LogP contribution in [-0.4, -0.2) is 32.3 Å². The van der Waals surface area contributed by atoms with E-state index in [4.69, 9.17) is 4.74 Å². The first-order chi connectivity index (χ1) is 8.54. The maximum absolute atomic E-state index is 11.8. The Balaban J connectivity index is 2.42. The van der Waals surface area contributed by atoms with Gasteiger partial charge >= 0.3 is 6.03 Å². The van der Waals surface area contributed by atoms with E-state index in [0.29, 0.717) is 36.9 Å². The van der Waals surface area contributed by atoms with Gasteiger partial charge in [-0.05, 0) is 30.6 Å². The Morgan fingerprint density at radius 1 is 1.39 bits per heavy atom. The predicted octanol–water partition coefficient (Wildman–Crippen LogP) is 2.39. The van der Waals surface area contributed by atoms with Crippen molar-refractivity contribution in [3.63, 3.8) is 0 Å². The molecule has 0 aromatic rings. The van der Waals surface area contributed by atoms with Crippen molar-refractivity contribution in [2.75, 3.05) is 20.3 Å². The normalized spacial score (nSPS) is 28.2. The summed E-state index contributed by atoms with van der Waals surface area (Å²) in [5, 5.41) is 5.96. The summed E-state index contributed by atoms with van der Waals surface area (Å²) in [6.07, 6.45) is 3.61. The van der Waals surface area contributed by atoms with Crippen molar-refractivity contribution in [2.45, 2.75) is 46.1 Å². The Labute approximate surface area is 111 Å². The number of carbonyl (C=O) groups is 1. The van der Waals surface area contributed by atoms with Crippen LogP contribution in [-0.2, 0) is 4.74 Å². The highest BCUT2D eigenvalue weighted by atomic mass is 16.5. The first kappa shape index (κ1) is 15.3. The average Bonchev–Trinajstić information content (AvgIpc) is 2.29. The van der Waals surface area contributed by atoms with E-state index in [0.717, 1.165) is 6.42 Å². The first-order valence-electron chi connectivity index (χ1n) is 7.07. The number of ether oxygens (including phenoxy) is 1. The molecule has 0 bridgehead atoms. The summed E-state index contributed by atoms with van der Waals surface area (Å²) in [7, 11) is 1.64. The van der Waals surface area contributed by atoms with Gasteiger partial charge in [0.05, 0.1) is 6.61 Å². The summed E-state index contributed by atoms with van der Waals surface area (Å²) in [5.41, 5.74) is 0. The van der Waals surface area contributed by atoms with Crippen LogP contribution in [0.5, 0.6) is 0 Å². The lowest BCUT2D eigenvalue weighted by Crippen LogP contribution is -2.49. The lowest BCUT2D eigenvalue weighted by molar-refractivity contribution is 0.165. The molecule has 1 rings (SSSR count). The second kappa shape index (κ2) is 7.62. The SMILES string of the molecule is COCCNC(=O)N[C@H]1C[C@H](C)CC[C@H]1C(C)C. The number of amides is 2. The van der Waals surface area contributed by atoms with Crippen LogP contribution in [0.1, 0.15) is 40.0 Å². The van der Waals surface area contributed by atoms with Crippen molar-refractivity contribution < 1.29 is 9.53 Å². The fourth-order valence-electron chi connectivity index (χ4n) is 2.85. The van der Waals surface area contributed by atoms with Gasteiger partial charge in [0, 0.05) is 19.7 Å². The van der Waals surface area contributed by atoms with E-state index in [1.165, 1.54) is 12.8 Å². The third-order valence-electron chi connectivity index (χ3n) is 3.93. The highest BCUT2D eigenvalue weighted by molar-refractivity contribution is 5.74. The zero-order chi connectivity index (χ0) is 13.5. The van der Waals surface area contributed by atoms with Crippen molar-refractivity contribution in [3.8, 4) is 0 Å². The van der Waals surface area contributed by atoms with E-state index < -0.39 is 0 Å². The first-order valence-corrected chi connectivity index (χ1v) is 7.07. The summed E-state index contributed by atoms with van der Waals surface area (Å²) in [5.74, 6) is 1.94. The molecule has 0 aromatic carbocycles.